The summed E-state index contributed by atoms with van der Waals surface area (Å²) in [5.74, 6) is 0.875. The Balaban J connectivity index is 1.70. The first-order chi connectivity index (χ1) is 9.25. The number of cyclic esters (lactones) is 1. The maximum atomic E-state index is 11.5. The maximum absolute atomic E-state index is 11.5. The van der Waals surface area contributed by atoms with E-state index in [9.17, 15) is 4.79 Å². The SMILES string of the molecule is Cc1c(SCN2CCCCC2)ccc2c1COC2=O. The van der Waals surface area contributed by atoms with Gasteiger partial charge in [0.25, 0.3) is 0 Å². The minimum atomic E-state index is -0.175. The second-order valence-electron chi connectivity index (χ2n) is 5.24. The highest BCUT2D eigenvalue weighted by molar-refractivity contribution is 7.99. The number of likely N-dealkylation sites (tertiary alicyclic amines) is 1. The number of thioether (sulfide) groups is 1. The summed E-state index contributed by atoms with van der Waals surface area (Å²) in [6.07, 6.45) is 4.02. The quantitative estimate of drug-likeness (QED) is 0.627. The maximum Gasteiger partial charge on any atom is 0.338 e. The largest absolute Gasteiger partial charge is 0.457 e. The van der Waals surface area contributed by atoms with Gasteiger partial charge in [0.05, 0.1) is 5.56 Å². The van der Waals surface area contributed by atoms with Crippen LogP contribution < -0.4 is 0 Å². The molecule has 0 atom stereocenters. The number of hydrogen-bond donors (Lipinski definition) is 0. The summed E-state index contributed by atoms with van der Waals surface area (Å²) in [7, 11) is 0. The Morgan fingerprint density at radius 3 is 2.84 bits per heavy atom. The summed E-state index contributed by atoms with van der Waals surface area (Å²) >= 11 is 1.88. The fraction of sp³-hybridized carbons (Fsp3) is 0.533. The van der Waals surface area contributed by atoms with Crippen molar-refractivity contribution in [2.45, 2.75) is 37.7 Å². The molecular formula is C15H19NO2S. The van der Waals surface area contributed by atoms with Crippen molar-refractivity contribution in [2.75, 3.05) is 19.0 Å². The molecule has 2 heterocycles. The third-order valence-corrected chi connectivity index (χ3v) is 5.22. The summed E-state index contributed by atoms with van der Waals surface area (Å²) < 4.78 is 5.09. The van der Waals surface area contributed by atoms with Gasteiger partial charge in [-0.2, -0.15) is 0 Å². The van der Waals surface area contributed by atoms with Gasteiger partial charge in [-0.3, -0.25) is 4.90 Å². The Bertz CT molecular complexity index is 495. The Morgan fingerprint density at radius 1 is 1.26 bits per heavy atom. The molecule has 2 aliphatic rings. The van der Waals surface area contributed by atoms with Gasteiger partial charge in [-0.25, -0.2) is 4.79 Å². The van der Waals surface area contributed by atoms with E-state index in [4.69, 9.17) is 4.74 Å². The zero-order valence-electron chi connectivity index (χ0n) is 11.3. The lowest BCUT2D eigenvalue weighted by Crippen LogP contribution is -2.29. The number of carbonyl (C=O) groups is 1. The number of hydrogen-bond acceptors (Lipinski definition) is 4. The van der Waals surface area contributed by atoms with E-state index < -0.39 is 0 Å². The smallest absolute Gasteiger partial charge is 0.338 e. The first kappa shape index (κ1) is 13.0. The summed E-state index contributed by atoms with van der Waals surface area (Å²) in [5.41, 5.74) is 3.04. The van der Waals surface area contributed by atoms with Gasteiger partial charge in [0.15, 0.2) is 0 Å². The molecule has 0 N–H and O–H groups in total. The van der Waals surface area contributed by atoms with Crippen LogP contribution in [0.5, 0.6) is 0 Å². The highest BCUT2D eigenvalue weighted by Crippen LogP contribution is 2.32. The Morgan fingerprint density at radius 2 is 2.05 bits per heavy atom. The number of nitrogens with zero attached hydrogens (tertiary/aromatic N) is 1. The van der Waals surface area contributed by atoms with E-state index in [1.165, 1.54) is 42.8 Å². The predicted octanol–water partition coefficient (Wildman–Crippen LogP) is 3.20. The van der Waals surface area contributed by atoms with Gasteiger partial charge in [-0.15, -0.1) is 11.8 Å². The molecule has 3 rings (SSSR count). The number of rotatable bonds is 3. The number of fused-ring (bicyclic) bond motifs is 1. The summed E-state index contributed by atoms with van der Waals surface area (Å²) in [6.45, 7) is 4.98. The van der Waals surface area contributed by atoms with Gasteiger partial charge in [0, 0.05) is 16.3 Å². The van der Waals surface area contributed by atoms with E-state index in [2.05, 4.69) is 17.9 Å². The van der Waals surface area contributed by atoms with Crippen LogP contribution in [0.3, 0.4) is 0 Å². The summed E-state index contributed by atoms with van der Waals surface area (Å²) in [5, 5.41) is 0. The van der Waals surface area contributed by atoms with E-state index in [0.29, 0.717) is 6.61 Å². The van der Waals surface area contributed by atoms with Crippen molar-refractivity contribution in [3.05, 3.63) is 28.8 Å². The Hall–Kier alpha value is -1.00. The number of carbonyl (C=O) groups excluding carboxylic acids is 1. The first-order valence-corrected chi connectivity index (χ1v) is 7.89. The van der Waals surface area contributed by atoms with Crippen LogP contribution in [0.25, 0.3) is 0 Å². The van der Waals surface area contributed by atoms with Crippen LogP contribution in [0, 0.1) is 6.92 Å². The van der Waals surface area contributed by atoms with E-state index in [0.717, 1.165) is 17.0 Å². The van der Waals surface area contributed by atoms with E-state index in [1.54, 1.807) is 0 Å². The lowest BCUT2D eigenvalue weighted by Gasteiger charge is -2.26. The van der Waals surface area contributed by atoms with Crippen molar-refractivity contribution in [2.24, 2.45) is 0 Å². The monoisotopic (exact) mass is 277 g/mol. The van der Waals surface area contributed by atoms with Crippen LogP contribution in [-0.4, -0.2) is 29.8 Å². The minimum Gasteiger partial charge on any atom is -0.457 e. The zero-order chi connectivity index (χ0) is 13.2. The standard InChI is InChI=1S/C15H19NO2S/c1-11-13-9-18-15(17)12(13)5-6-14(11)19-10-16-7-3-2-4-8-16/h5-6H,2-4,7-10H2,1H3. The van der Waals surface area contributed by atoms with Crippen LogP contribution in [0.1, 0.15) is 40.7 Å². The lowest BCUT2D eigenvalue weighted by molar-refractivity contribution is 0.0535. The van der Waals surface area contributed by atoms with Crippen molar-refractivity contribution in [1.29, 1.82) is 0 Å². The van der Waals surface area contributed by atoms with Crippen molar-refractivity contribution in [3.63, 3.8) is 0 Å². The molecular weight excluding hydrogens is 258 g/mol. The molecule has 4 heteroatoms. The molecule has 19 heavy (non-hydrogen) atoms. The van der Waals surface area contributed by atoms with Crippen LogP contribution in [0.2, 0.25) is 0 Å². The molecule has 0 bridgehead atoms. The molecule has 0 spiro atoms. The Kier molecular flexibility index (Phi) is 3.80. The number of piperidine rings is 1. The van der Waals surface area contributed by atoms with Gasteiger partial charge >= 0.3 is 5.97 Å². The first-order valence-electron chi connectivity index (χ1n) is 6.90. The fourth-order valence-electron chi connectivity index (χ4n) is 2.73. The second kappa shape index (κ2) is 5.55. The predicted molar refractivity (Wildman–Crippen MR) is 76.4 cm³/mol. The van der Waals surface area contributed by atoms with Gasteiger partial charge in [0.2, 0.25) is 0 Å². The highest BCUT2D eigenvalue weighted by atomic mass is 32.2. The topological polar surface area (TPSA) is 29.5 Å². The molecule has 2 aliphatic heterocycles. The van der Waals surface area contributed by atoms with Gasteiger partial charge in [-0.1, -0.05) is 6.42 Å². The van der Waals surface area contributed by atoms with Crippen LogP contribution in [0.15, 0.2) is 17.0 Å². The van der Waals surface area contributed by atoms with Crippen molar-refractivity contribution < 1.29 is 9.53 Å². The van der Waals surface area contributed by atoms with Crippen LogP contribution in [-0.2, 0) is 11.3 Å². The van der Waals surface area contributed by atoms with Crippen molar-refractivity contribution in [1.82, 2.24) is 4.90 Å². The van der Waals surface area contributed by atoms with Crippen LogP contribution >= 0.6 is 11.8 Å². The Labute approximate surface area is 118 Å². The third-order valence-electron chi connectivity index (χ3n) is 3.97. The minimum absolute atomic E-state index is 0.175. The van der Waals surface area contributed by atoms with Crippen molar-refractivity contribution >= 4 is 17.7 Å². The fourth-order valence-corrected chi connectivity index (χ4v) is 3.82. The number of ether oxygens (including phenoxy) is 1. The molecule has 0 aliphatic carbocycles. The summed E-state index contributed by atoms with van der Waals surface area (Å²) in [4.78, 5) is 15.3. The van der Waals surface area contributed by atoms with Gasteiger partial charge in [-0.05, 0) is 50.6 Å². The molecule has 0 saturated carbocycles. The average Bonchev–Trinajstić information content (AvgIpc) is 2.82. The van der Waals surface area contributed by atoms with Crippen molar-refractivity contribution in [3.8, 4) is 0 Å². The normalized spacial score (nSPS) is 19.3. The average molecular weight is 277 g/mol. The van der Waals surface area contributed by atoms with Crippen LogP contribution in [0.4, 0.5) is 0 Å². The second-order valence-corrected chi connectivity index (χ2v) is 6.23. The van der Waals surface area contributed by atoms with E-state index in [1.807, 2.05) is 17.8 Å². The van der Waals surface area contributed by atoms with E-state index >= 15 is 0 Å². The number of esters is 1. The van der Waals surface area contributed by atoms with Gasteiger partial charge in [0.1, 0.15) is 6.61 Å². The molecule has 1 fully saturated rings. The molecule has 0 unspecified atom stereocenters. The molecule has 0 radical (unpaired) electrons. The zero-order valence-corrected chi connectivity index (χ0v) is 12.1. The molecule has 0 aromatic heterocycles. The molecule has 0 amide bonds. The van der Waals surface area contributed by atoms with E-state index in [-0.39, 0.29) is 5.97 Å². The highest BCUT2D eigenvalue weighted by Gasteiger charge is 2.24. The summed E-state index contributed by atoms with van der Waals surface area (Å²) in [6, 6.07) is 3.98. The molecule has 1 aromatic carbocycles. The molecule has 1 saturated heterocycles. The van der Waals surface area contributed by atoms with Gasteiger partial charge < -0.3 is 4.74 Å². The molecule has 3 nitrogen and oxygen atoms in total. The molecule has 1 aromatic rings. The number of benzene rings is 1. The lowest BCUT2D eigenvalue weighted by atomic mass is 10.0. The molecule has 102 valence electrons. The third kappa shape index (κ3) is 2.65.